The zero-order chi connectivity index (χ0) is 7.54. The number of ether oxygens (including phenoxy) is 1. The van der Waals surface area contributed by atoms with Gasteiger partial charge in [-0.15, -0.1) is 0 Å². The summed E-state index contributed by atoms with van der Waals surface area (Å²) in [5, 5.41) is 0. The Kier molecular flexibility index (Phi) is 21.3. The van der Waals surface area contributed by atoms with Crippen LogP contribution in [0.1, 0.15) is 26.7 Å². The molecule has 0 aliphatic rings. The third-order valence-electron chi connectivity index (χ3n) is 0.697. The molecule has 9 heavy (non-hydrogen) atoms. The summed E-state index contributed by atoms with van der Waals surface area (Å²) in [6.45, 7) is 6.09. The summed E-state index contributed by atoms with van der Waals surface area (Å²) in [6.07, 6.45) is 2.28. The van der Waals surface area contributed by atoms with E-state index < -0.39 is 0 Å². The Morgan fingerprint density at radius 3 is 1.56 bits per heavy atom. The largest absolute Gasteiger partial charge is 0.381 e. The summed E-state index contributed by atoms with van der Waals surface area (Å²) in [4.78, 5) is 0. The number of hydrogen-bond donors (Lipinski definition) is 0. The van der Waals surface area contributed by atoms with Crippen LogP contribution in [0.4, 0.5) is 0 Å². The summed E-state index contributed by atoms with van der Waals surface area (Å²) in [5.41, 5.74) is 0. The van der Waals surface area contributed by atoms with Crippen molar-refractivity contribution in [2.24, 2.45) is 0 Å². The molecule has 0 heterocycles. The van der Waals surface area contributed by atoms with Crippen LogP contribution in [0, 0.1) is 0 Å². The molecule has 58 valence electrons. The van der Waals surface area contributed by atoms with Gasteiger partial charge >= 0.3 is 0 Å². The summed E-state index contributed by atoms with van der Waals surface area (Å²) < 4.78 is 5.13. The van der Waals surface area contributed by atoms with E-state index in [0.29, 0.717) is 0 Å². The smallest absolute Gasteiger partial charge is 0.0463 e. The molecule has 0 aliphatic heterocycles. The second-order valence-corrected chi connectivity index (χ2v) is 1.61. The van der Waals surface area contributed by atoms with Crippen LogP contribution in [0.5, 0.6) is 0 Å². The van der Waals surface area contributed by atoms with Gasteiger partial charge in [0, 0.05) is 13.2 Å². The van der Waals surface area contributed by atoms with Crippen molar-refractivity contribution in [2.45, 2.75) is 26.7 Å². The first-order valence-electron chi connectivity index (χ1n) is 3.37. The van der Waals surface area contributed by atoms with Crippen LogP contribution in [0.2, 0.25) is 0 Å². The number of halogens is 1. The van der Waals surface area contributed by atoms with Gasteiger partial charge < -0.3 is 4.74 Å². The molecule has 2 heteroatoms. The highest BCUT2D eigenvalue weighted by Gasteiger charge is 1.77. The van der Waals surface area contributed by atoms with Crippen LogP contribution < -0.4 is 0 Å². The van der Waals surface area contributed by atoms with E-state index in [1.54, 1.807) is 0 Å². The molecular formula is C7H17BrO. The molecule has 0 spiro atoms. The Hall–Kier alpha value is 0.440. The van der Waals surface area contributed by atoms with Crippen molar-refractivity contribution in [1.82, 2.24) is 0 Å². The van der Waals surface area contributed by atoms with Crippen molar-refractivity contribution in [3.63, 3.8) is 0 Å². The molecule has 0 atom stereocenters. The molecular weight excluding hydrogens is 180 g/mol. The van der Waals surface area contributed by atoms with Gasteiger partial charge in [0.2, 0.25) is 0 Å². The van der Waals surface area contributed by atoms with Crippen molar-refractivity contribution >= 4 is 15.9 Å². The van der Waals surface area contributed by atoms with E-state index in [1.807, 2.05) is 5.83 Å². The fraction of sp³-hybridized carbons (Fsp3) is 1.00. The van der Waals surface area contributed by atoms with E-state index in [1.165, 1.54) is 0 Å². The highest BCUT2D eigenvalue weighted by molar-refractivity contribution is 9.08. The molecule has 0 amide bonds. The van der Waals surface area contributed by atoms with Crippen molar-refractivity contribution in [1.29, 1.82) is 0 Å². The SMILES string of the molecule is CBr.CCCOCCC. The molecule has 1 nitrogen and oxygen atoms in total. The first-order chi connectivity index (χ1) is 4.41. The van der Waals surface area contributed by atoms with E-state index in [9.17, 15) is 0 Å². The highest BCUT2D eigenvalue weighted by Crippen LogP contribution is 1.81. The maximum absolute atomic E-state index is 5.13. The second-order valence-electron chi connectivity index (χ2n) is 1.61. The second kappa shape index (κ2) is 15.8. The number of rotatable bonds is 4. The molecule has 0 unspecified atom stereocenters. The quantitative estimate of drug-likeness (QED) is 0.497. The van der Waals surface area contributed by atoms with Crippen LogP contribution in [0.25, 0.3) is 0 Å². The predicted molar refractivity (Wildman–Crippen MR) is 46.3 cm³/mol. The Bertz CT molecular complexity index is 28.1. The Morgan fingerprint density at radius 1 is 1.00 bits per heavy atom. The maximum atomic E-state index is 5.13. The fourth-order valence-electron chi connectivity index (χ4n) is 0.391. The van der Waals surface area contributed by atoms with E-state index in [0.717, 1.165) is 26.1 Å². The first-order valence-corrected chi connectivity index (χ1v) is 4.96. The van der Waals surface area contributed by atoms with Gasteiger partial charge in [-0.25, -0.2) is 0 Å². The molecule has 0 aliphatic carbocycles. The lowest BCUT2D eigenvalue weighted by Crippen LogP contribution is -1.92. The zero-order valence-electron chi connectivity index (χ0n) is 6.61. The van der Waals surface area contributed by atoms with E-state index in [4.69, 9.17) is 4.74 Å². The fourth-order valence-corrected chi connectivity index (χ4v) is 0.391. The molecule has 0 bridgehead atoms. The van der Waals surface area contributed by atoms with Gasteiger partial charge in [0.05, 0.1) is 0 Å². The van der Waals surface area contributed by atoms with E-state index in [-0.39, 0.29) is 0 Å². The Morgan fingerprint density at radius 2 is 1.33 bits per heavy atom. The van der Waals surface area contributed by atoms with Gasteiger partial charge in [0.25, 0.3) is 0 Å². The van der Waals surface area contributed by atoms with Crippen LogP contribution in [0.3, 0.4) is 0 Å². The summed E-state index contributed by atoms with van der Waals surface area (Å²) >= 11 is 2.94. The summed E-state index contributed by atoms with van der Waals surface area (Å²) in [6, 6.07) is 0. The van der Waals surface area contributed by atoms with Crippen LogP contribution in [0.15, 0.2) is 0 Å². The summed E-state index contributed by atoms with van der Waals surface area (Å²) in [7, 11) is 0. The number of hydrogen-bond acceptors (Lipinski definition) is 1. The minimum atomic E-state index is 0.924. The van der Waals surface area contributed by atoms with Crippen molar-refractivity contribution in [3.8, 4) is 0 Å². The van der Waals surface area contributed by atoms with Gasteiger partial charge in [-0.2, -0.15) is 0 Å². The van der Waals surface area contributed by atoms with Crippen LogP contribution in [-0.2, 0) is 4.74 Å². The van der Waals surface area contributed by atoms with Gasteiger partial charge in [-0.3, -0.25) is 0 Å². The summed E-state index contributed by atoms with van der Waals surface area (Å²) in [5.74, 6) is 1.81. The first kappa shape index (κ1) is 12.1. The third kappa shape index (κ3) is 17.8. The predicted octanol–water partition coefficient (Wildman–Crippen LogP) is 2.83. The van der Waals surface area contributed by atoms with Gasteiger partial charge in [-0.05, 0) is 18.7 Å². The average Bonchev–Trinajstić information content (AvgIpc) is 1.94. The molecule has 0 N–H and O–H groups in total. The molecule has 0 saturated heterocycles. The van der Waals surface area contributed by atoms with Gasteiger partial charge in [0.1, 0.15) is 0 Å². The molecule has 0 radical (unpaired) electrons. The van der Waals surface area contributed by atoms with Gasteiger partial charge in [0.15, 0.2) is 0 Å². The maximum Gasteiger partial charge on any atom is 0.0463 e. The minimum absolute atomic E-state index is 0.924. The zero-order valence-corrected chi connectivity index (χ0v) is 8.20. The molecule has 0 aromatic heterocycles. The van der Waals surface area contributed by atoms with E-state index in [2.05, 4.69) is 29.8 Å². The van der Waals surface area contributed by atoms with Crippen molar-refractivity contribution < 1.29 is 4.74 Å². The lowest BCUT2D eigenvalue weighted by molar-refractivity contribution is 0.135. The van der Waals surface area contributed by atoms with Crippen molar-refractivity contribution in [3.05, 3.63) is 0 Å². The highest BCUT2D eigenvalue weighted by atomic mass is 79.9. The average molecular weight is 197 g/mol. The lowest BCUT2D eigenvalue weighted by atomic mass is 10.5. The third-order valence-corrected chi connectivity index (χ3v) is 0.697. The Labute approximate surface area is 66.9 Å². The van der Waals surface area contributed by atoms with Gasteiger partial charge in [-0.1, -0.05) is 29.8 Å². The number of alkyl halides is 1. The molecule has 0 fully saturated rings. The molecule has 0 aromatic rings. The Balaban J connectivity index is 0. The lowest BCUT2D eigenvalue weighted by Gasteiger charge is -1.95. The van der Waals surface area contributed by atoms with Crippen LogP contribution >= 0.6 is 15.9 Å². The molecule has 0 aromatic carbocycles. The van der Waals surface area contributed by atoms with E-state index >= 15 is 0 Å². The topological polar surface area (TPSA) is 9.23 Å². The van der Waals surface area contributed by atoms with Crippen LogP contribution in [-0.4, -0.2) is 19.0 Å². The van der Waals surface area contributed by atoms with Crippen molar-refractivity contribution in [2.75, 3.05) is 19.0 Å². The molecule has 0 rings (SSSR count). The minimum Gasteiger partial charge on any atom is -0.381 e. The monoisotopic (exact) mass is 196 g/mol. The molecule has 0 saturated carbocycles. The standard InChI is InChI=1S/C6H14O.CH3Br/c1-3-5-7-6-4-2;1-2/h3-6H2,1-2H3;1H3. The normalized spacial score (nSPS) is 8.00.